The van der Waals surface area contributed by atoms with Gasteiger partial charge in [0.25, 0.3) is 5.91 Å². The molecule has 4 N–H and O–H groups in total. The Morgan fingerprint density at radius 1 is 1.31 bits per heavy atom. The van der Waals surface area contributed by atoms with Gasteiger partial charge >= 0.3 is 0 Å². The van der Waals surface area contributed by atoms with E-state index in [4.69, 9.17) is 10.5 Å². The van der Waals surface area contributed by atoms with Gasteiger partial charge in [0.15, 0.2) is 0 Å². The number of aryl methyl sites for hydroxylation is 2. The number of aromatic nitrogens is 3. The Bertz CT molecular complexity index is 1120. The van der Waals surface area contributed by atoms with Gasteiger partial charge in [-0.05, 0) is 29.7 Å². The summed E-state index contributed by atoms with van der Waals surface area (Å²) in [7, 11) is 1.82. The zero-order chi connectivity index (χ0) is 22.7. The van der Waals surface area contributed by atoms with Gasteiger partial charge in [-0.3, -0.25) is 9.48 Å². The normalized spacial score (nSPS) is 18.1. The van der Waals surface area contributed by atoms with Crippen LogP contribution in [0.5, 0.6) is 0 Å². The van der Waals surface area contributed by atoms with Crippen molar-refractivity contribution in [2.24, 2.45) is 7.05 Å². The molecule has 0 spiro atoms. The number of hydrogen-bond donors (Lipinski definition) is 3. The van der Waals surface area contributed by atoms with Crippen LogP contribution in [0.25, 0.3) is 11.1 Å². The molecule has 2 atom stereocenters. The van der Waals surface area contributed by atoms with E-state index in [9.17, 15) is 9.18 Å². The average molecular weight is 439 g/mol. The number of nitrogens with two attached hydrogens (primary N) is 1. The number of nitrogens with one attached hydrogen (secondary N) is 2. The van der Waals surface area contributed by atoms with Gasteiger partial charge in [-0.25, -0.2) is 9.37 Å². The van der Waals surface area contributed by atoms with Gasteiger partial charge < -0.3 is 21.1 Å². The minimum absolute atomic E-state index is 0.164. The van der Waals surface area contributed by atoms with Crippen LogP contribution >= 0.6 is 0 Å². The van der Waals surface area contributed by atoms with Crippen LogP contribution in [0.3, 0.4) is 0 Å². The molecule has 0 aliphatic carbocycles. The number of nitrogens with zero attached hydrogens (tertiary/aromatic N) is 3. The third kappa shape index (κ3) is 4.79. The van der Waals surface area contributed by atoms with E-state index in [1.54, 1.807) is 29.2 Å². The standard InChI is InChI=1S/C23H27FN6O2/c1-3-15-6-14(4-5-19(15)24)13-32-21-11-26-10-20(21)29-23(31)18-7-16(8-27-22(18)25)17-9-28-30(2)12-17/h4-9,12,20-21,26H,3,10-11,13H2,1-2H3,(H2,25,27)(H,29,31)/t20-,21-/m0/s1. The third-order valence-electron chi connectivity index (χ3n) is 5.63. The van der Waals surface area contributed by atoms with E-state index >= 15 is 0 Å². The summed E-state index contributed by atoms with van der Waals surface area (Å²) in [5, 5.41) is 10.4. The molecule has 1 saturated heterocycles. The molecule has 0 bridgehead atoms. The van der Waals surface area contributed by atoms with Gasteiger partial charge in [-0.2, -0.15) is 5.10 Å². The lowest BCUT2D eigenvalue weighted by Crippen LogP contribution is -2.44. The maximum atomic E-state index is 13.7. The predicted octanol–water partition coefficient (Wildman–Crippen LogP) is 2.05. The first-order chi connectivity index (χ1) is 15.4. The molecule has 4 rings (SSSR count). The number of carbonyl (C=O) groups excluding carboxylic acids is 1. The molecule has 1 aliphatic heterocycles. The van der Waals surface area contributed by atoms with Gasteiger partial charge in [0.1, 0.15) is 11.6 Å². The number of benzene rings is 1. The molecule has 1 amide bonds. The highest BCUT2D eigenvalue weighted by Gasteiger charge is 2.30. The monoisotopic (exact) mass is 438 g/mol. The maximum absolute atomic E-state index is 13.7. The molecule has 32 heavy (non-hydrogen) atoms. The molecule has 0 radical (unpaired) electrons. The Morgan fingerprint density at radius 3 is 2.91 bits per heavy atom. The Hall–Kier alpha value is -3.30. The smallest absolute Gasteiger partial charge is 0.255 e. The van der Waals surface area contributed by atoms with Gasteiger partial charge in [0, 0.05) is 43.7 Å². The second-order valence-corrected chi connectivity index (χ2v) is 7.93. The van der Waals surface area contributed by atoms with E-state index in [1.165, 1.54) is 6.07 Å². The van der Waals surface area contributed by atoms with E-state index < -0.39 is 0 Å². The largest absolute Gasteiger partial charge is 0.383 e. The summed E-state index contributed by atoms with van der Waals surface area (Å²) in [4.78, 5) is 17.2. The molecule has 1 fully saturated rings. The number of halogens is 1. The van der Waals surface area contributed by atoms with Crippen LogP contribution in [0.15, 0.2) is 42.9 Å². The summed E-state index contributed by atoms with van der Waals surface area (Å²) in [6.07, 6.45) is 5.58. The van der Waals surface area contributed by atoms with Crippen molar-refractivity contribution in [2.45, 2.75) is 32.1 Å². The van der Waals surface area contributed by atoms with Crippen molar-refractivity contribution in [3.63, 3.8) is 0 Å². The molecule has 0 saturated carbocycles. The van der Waals surface area contributed by atoms with Crippen LogP contribution in [-0.4, -0.2) is 45.9 Å². The molecule has 8 nitrogen and oxygen atoms in total. The number of hydrogen-bond acceptors (Lipinski definition) is 6. The average Bonchev–Trinajstić information content (AvgIpc) is 3.42. The van der Waals surface area contributed by atoms with Gasteiger partial charge in [0.05, 0.1) is 30.5 Å². The number of rotatable bonds is 7. The fourth-order valence-electron chi connectivity index (χ4n) is 3.80. The highest BCUT2D eigenvalue weighted by molar-refractivity contribution is 5.99. The molecule has 9 heteroatoms. The van der Waals surface area contributed by atoms with Crippen molar-refractivity contribution in [1.82, 2.24) is 25.4 Å². The summed E-state index contributed by atoms with van der Waals surface area (Å²) >= 11 is 0. The minimum atomic E-state index is -0.307. The molecule has 1 aromatic carbocycles. The number of nitrogen functional groups attached to an aromatic ring is 1. The van der Waals surface area contributed by atoms with Crippen molar-refractivity contribution in [2.75, 3.05) is 18.8 Å². The van der Waals surface area contributed by atoms with Crippen LogP contribution in [0, 0.1) is 5.82 Å². The zero-order valence-electron chi connectivity index (χ0n) is 18.1. The quantitative estimate of drug-likeness (QED) is 0.521. The summed E-state index contributed by atoms with van der Waals surface area (Å²) in [6.45, 7) is 3.44. The molecule has 1 aliphatic rings. The zero-order valence-corrected chi connectivity index (χ0v) is 18.1. The minimum Gasteiger partial charge on any atom is -0.383 e. The molecule has 0 unspecified atom stereocenters. The Kier molecular flexibility index (Phi) is 6.48. The molecular formula is C23H27FN6O2. The van der Waals surface area contributed by atoms with Crippen LogP contribution in [0.2, 0.25) is 0 Å². The second kappa shape index (κ2) is 9.46. The van der Waals surface area contributed by atoms with Crippen LogP contribution in [-0.2, 0) is 24.8 Å². The highest BCUT2D eigenvalue weighted by Crippen LogP contribution is 2.22. The Labute approximate surface area is 186 Å². The highest BCUT2D eigenvalue weighted by atomic mass is 19.1. The maximum Gasteiger partial charge on any atom is 0.255 e. The SMILES string of the molecule is CCc1cc(CO[C@H]2CNC[C@@H]2NC(=O)c2cc(-c3cnn(C)c3)cnc2N)ccc1F. The molecule has 3 heterocycles. The fourth-order valence-corrected chi connectivity index (χ4v) is 3.80. The first kappa shape index (κ1) is 21.9. The topological polar surface area (TPSA) is 107 Å². The predicted molar refractivity (Wildman–Crippen MR) is 119 cm³/mol. The van der Waals surface area contributed by atoms with Gasteiger partial charge in [-0.1, -0.05) is 19.1 Å². The second-order valence-electron chi connectivity index (χ2n) is 7.93. The summed E-state index contributed by atoms with van der Waals surface area (Å²) in [5.74, 6) is -0.348. The number of anilines is 1. The summed E-state index contributed by atoms with van der Waals surface area (Å²) < 4.78 is 21.5. The lowest BCUT2D eigenvalue weighted by Gasteiger charge is -2.21. The molecular weight excluding hydrogens is 411 g/mol. The van der Waals surface area contributed by atoms with Crippen molar-refractivity contribution in [3.8, 4) is 11.1 Å². The van der Waals surface area contributed by atoms with Crippen molar-refractivity contribution in [3.05, 3.63) is 65.4 Å². The molecule has 2 aromatic heterocycles. The summed E-state index contributed by atoms with van der Waals surface area (Å²) in [5.41, 5.74) is 9.47. The van der Waals surface area contributed by atoms with Gasteiger partial charge in [0.2, 0.25) is 0 Å². The van der Waals surface area contributed by atoms with E-state index in [2.05, 4.69) is 20.7 Å². The van der Waals surface area contributed by atoms with Crippen LogP contribution < -0.4 is 16.4 Å². The van der Waals surface area contributed by atoms with E-state index in [1.807, 2.05) is 26.2 Å². The van der Waals surface area contributed by atoms with Crippen molar-refractivity contribution >= 4 is 11.7 Å². The Balaban J connectivity index is 1.42. The fraction of sp³-hybridized carbons (Fsp3) is 0.348. The van der Waals surface area contributed by atoms with E-state index in [0.717, 1.165) is 16.7 Å². The number of ether oxygens (including phenoxy) is 1. The first-order valence-electron chi connectivity index (χ1n) is 10.6. The lowest BCUT2D eigenvalue weighted by molar-refractivity contribution is 0.0357. The number of carbonyl (C=O) groups is 1. The third-order valence-corrected chi connectivity index (χ3v) is 5.63. The Morgan fingerprint density at radius 2 is 2.16 bits per heavy atom. The number of amides is 1. The van der Waals surface area contributed by atoms with Crippen LogP contribution in [0.1, 0.15) is 28.4 Å². The van der Waals surface area contributed by atoms with Gasteiger partial charge in [-0.15, -0.1) is 0 Å². The van der Waals surface area contributed by atoms with Crippen molar-refractivity contribution < 1.29 is 13.9 Å². The molecule has 168 valence electrons. The van der Waals surface area contributed by atoms with E-state index in [-0.39, 0.29) is 29.7 Å². The van der Waals surface area contributed by atoms with Crippen LogP contribution in [0.4, 0.5) is 10.2 Å². The molecule has 3 aromatic rings. The van der Waals surface area contributed by atoms with E-state index in [0.29, 0.717) is 37.2 Å². The first-order valence-corrected chi connectivity index (χ1v) is 10.6. The summed E-state index contributed by atoms with van der Waals surface area (Å²) in [6, 6.07) is 6.50. The van der Waals surface area contributed by atoms with Crippen molar-refractivity contribution in [1.29, 1.82) is 0 Å². The number of pyridine rings is 1. The lowest BCUT2D eigenvalue weighted by atomic mass is 10.1.